The Bertz CT molecular complexity index is 782. The van der Waals surface area contributed by atoms with Crippen molar-refractivity contribution in [1.82, 2.24) is 14.5 Å². The van der Waals surface area contributed by atoms with Crippen LogP contribution in [-0.4, -0.2) is 45.7 Å². The van der Waals surface area contributed by atoms with Gasteiger partial charge in [-0.1, -0.05) is 12.1 Å². The average Bonchev–Trinajstić information content (AvgIpc) is 2.93. The molecule has 6 nitrogen and oxygen atoms in total. The SMILES string of the molecule is CC1(C)COCCCN1C(=O)c1ncn2c1COc1ccccc1-2. The van der Waals surface area contributed by atoms with E-state index in [1.165, 1.54) is 0 Å². The smallest absolute Gasteiger partial charge is 0.275 e. The highest BCUT2D eigenvalue weighted by Gasteiger charge is 2.36. The Labute approximate surface area is 141 Å². The molecule has 6 heteroatoms. The molecule has 0 radical (unpaired) electrons. The van der Waals surface area contributed by atoms with Crippen LogP contribution in [0, 0.1) is 0 Å². The Hall–Kier alpha value is -2.34. The van der Waals surface area contributed by atoms with Crippen LogP contribution in [0.4, 0.5) is 0 Å². The molecule has 1 aromatic carbocycles. The van der Waals surface area contributed by atoms with Gasteiger partial charge in [-0.3, -0.25) is 9.36 Å². The van der Waals surface area contributed by atoms with Crippen molar-refractivity contribution in [2.24, 2.45) is 0 Å². The minimum absolute atomic E-state index is 0.0535. The summed E-state index contributed by atoms with van der Waals surface area (Å²) in [5, 5.41) is 0. The van der Waals surface area contributed by atoms with Crippen LogP contribution in [0.15, 0.2) is 30.6 Å². The highest BCUT2D eigenvalue weighted by molar-refractivity contribution is 5.94. The van der Waals surface area contributed by atoms with Crippen LogP contribution in [0.5, 0.6) is 5.75 Å². The second-order valence-corrected chi connectivity index (χ2v) is 6.84. The third-order valence-corrected chi connectivity index (χ3v) is 4.66. The van der Waals surface area contributed by atoms with Crippen molar-refractivity contribution >= 4 is 5.91 Å². The Morgan fingerprint density at radius 3 is 3.00 bits per heavy atom. The number of imidazole rings is 1. The first-order valence-electron chi connectivity index (χ1n) is 8.26. The third-order valence-electron chi connectivity index (χ3n) is 4.66. The number of nitrogens with zero attached hydrogens (tertiary/aromatic N) is 3. The minimum Gasteiger partial charge on any atom is -0.485 e. The van der Waals surface area contributed by atoms with Crippen LogP contribution in [0.2, 0.25) is 0 Å². The lowest BCUT2D eigenvalue weighted by Gasteiger charge is -2.36. The molecule has 1 fully saturated rings. The monoisotopic (exact) mass is 327 g/mol. The fourth-order valence-electron chi connectivity index (χ4n) is 3.35. The van der Waals surface area contributed by atoms with Crippen LogP contribution >= 0.6 is 0 Å². The standard InChI is InChI=1S/C18H21N3O3/c1-18(2)11-23-9-5-8-21(18)17(22)16-14-10-24-15-7-4-3-6-13(15)20(14)12-19-16/h3-4,6-7,12H,5,8-11H2,1-2H3. The molecule has 2 aromatic rings. The van der Waals surface area contributed by atoms with E-state index in [2.05, 4.69) is 4.98 Å². The van der Waals surface area contributed by atoms with Crippen LogP contribution in [0.25, 0.3) is 5.69 Å². The molecular formula is C18H21N3O3. The summed E-state index contributed by atoms with van der Waals surface area (Å²) in [6, 6.07) is 7.78. The summed E-state index contributed by atoms with van der Waals surface area (Å²) in [5.41, 5.74) is 1.85. The maximum Gasteiger partial charge on any atom is 0.275 e. The maximum atomic E-state index is 13.2. The maximum absolute atomic E-state index is 13.2. The van der Waals surface area contributed by atoms with Gasteiger partial charge in [0.25, 0.3) is 5.91 Å². The molecule has 1 amide bonds. The molecule has 2 aliphatic rings. The molecule has 3 heterocycles. The van der Waals surface area contributed by atoms with E-state index in [0.717, 1.165) is 23.6 Å². The molecule has 1 saturated heterocycles. The highest BCUT2D eigenvalue weighted by Crippen LogP contribution is 2.31. The molecule has 4 rings (SSSR count). The third kappa shape index (κ3) is 2.38. The first-order valence-corrected chi connectivity index (χ1v) is 8.26. The summed E-state index contributed by atoms with van der Waals surface area (Å²) in [6.45, 7) is 6.31. The van der Waals surface area contributed by atoms with E-state index in [-0.39, 0.29) is 11.4 Å². The van der Waals surface area contributed by atoms with Crippen LogP contribution < -0.4 is 4.74 Å². The Kier molecular flexibility index (Phi) is 3.57. The van der Waals surface area contributed by atoms with Crippen molar-refractivity contribution < 1.29 is 14.3 Å². The molecule has 2 aliphatic heterocycles. The van der Waals surface area contributed by atoms with Gasteiger partial charge in [0.2, 0.25) is 0 Å². The van der Waals surface area contributed by atoms with E-state index in [1.54, 1.807) is 6.33 Å². The minimum atomic E-state index is -0.350. The molecular weight excluding hydrogens is 306 g/mol. The van der Waals surface area contributed by atoms with E-state index in [1.807, 2.05) is 47.6 Å². The summed E-state index contributed by atoms with van der Waals surface area (Å²) in [6.07, 6.45) is 2.55. The number of amides is 1. The Balaban J connectivity index is 1.72. The van der Waals surface area contributed by atoms with E-state index in [9.17, 15) is 4.79 Å². The van der Waals surface area contributed by atoms with Crippen LogP contribution in [0.1, 0.15) is 36.5 Å². The quantitative estimate of drug-likeness (QED) is 0.807. The summed E-state index contributed by atoms with van der Waals surface area (Å²) < 4.78 is 13.4. The lowest BCUT2D eigenvalue weighted by Crippen LogP contribution is -2.50. The Morgan fingerprint density at radius 2 is 2.12 bits per heavy atom. The second-order valence-electron chi connectivity index (χ2n) is 6.84. The molecule has 0 atom stereocenters. The fourth-order valence-corrected chi connectivity index (χ4v) is 3.35. The zero-order valence-electron chi connectivity index (χ0n) is 14.0. The second kappa shape index (κ2) is 5.63. The number of para-hydroxylation sites is 2. The van der Waals surface area contributed by atoms with Gasteiger partial charge in [-0.15, -0.1) is 0 Å². The summed E-state index contributed by atoms with van der Waals surface area (Å²) in [5.74, 6) is 0.757. The number of aromatic nitrogens is 2. The number of fused-ring (bicyclic) bond motifs is 3. The number of hydrogen-bond donors (Lipinski definition) is 0. The van der Waals surface area contributed by atoms with E-state index in [0.29, 0.717) is 32.1 Å². The van der Waals surface area contributed by atoms with Crippen molar-refractivity contribution in [3.05, 3.63) is 42.0 Å². The van der Waals surface area contributed by atoms with Crippen molar-refractivity contribution in [2.45, 2.75) is 32.4 Å². The molecule has 0 aliphatic carbocycles. The zero-order chi connectivity index (χ0) is 16.7. The van der Waals surface area contributed by atoms with Gasteiger partial charge < -0.3 is 14.4 Å². The molecule has 0 unspecified atom stereocenters. The highest BCUT2D eigenvalue weighted by atomic mass is 16.5. The number of carbonyl (C=O) groups is 1. The van der Waals surface area contributed by atoms with Crippen LogP contribution in [-0.2, 0) is 11.3 Å². The van der Waals surface area contributed by atoms with E-state index < -0.39 is 0 Å². The van der Waals surface area contributed by atoms with Crippen molar-refractivity contribution in [2.75, 3.05) is 19.8 Å². The average molecular weight is 327 g/mol. The van der Waals surface area contributed by atoms with Gasteiger partial charge in [-0.2, -0.15) is 0 Å². The number of benzene rings is 1. The topological polar surface area (TPSA) is 56.6 Å². The number of ether oxygens (including phenoxy) is 2. The number of rotatable bonds is 1. The van der Waals surface area contributed by atoms with E-state index in [4.69, 9.17) is 9.47 Å². The van der Waals surface area contributed by atoms with Gasteiger partial charge >= 0.3 is 0 Å². The van der Waals surface area contributed by atoms with Crippen molar-refractivity contribution in [3.63, 3.8) is 0 Å². The van der Waals surface area contributed by atoms with Gasteiger partial charge in [0.1, 0.15) is 18.7 Å². The molecule has 1 aromatic heterocycles. The molecule has 24 heavy (non-hydrogen) atoms. The van der Waals surface area contributed by atoms with Crippen molar-refractivity contribution in [1.29, 1.82) is 0 Å². The van der Waals surface area contributed by atoms with Gasteiger partial charge in [-0.05, 0) is 32.4 Å². The lowest BCUT2D eigenvalue weighted by atomic mass is 10.0. The van der Waals surface area contributed by atoms with Gasteiger partial charge in [0.05, 0.1) is 23.5 Å². The van der Waals surface area contributed by atoms with Gasteiger partial charge in [0.15, 0.2) is 5.69 Å². The fraction of sp³-hybridized carbons (Fsp3) is 0.444. The predicted octanol–water partition coefficient (Wildman–Crippen LogP) is 2.41. The van der Waals surface area contributed by atoms with Crippen LogP contribution in [0.3, 0.4) is 0 Å². The Morgan fingerprint density at radius 1 is 1.29 bits per heavy atom. The summed E-state index contributed by atoms with van der Waals surface area (Å²) in [7, 11) is 0. The first kappa shape index (κ1) is 15.2. The molecule has 0 spiro atoms. The lowest BCUT2D eigenvalue weighted by molar-refractivity contribution is 0.0359. The van der Waals surface area contributed by atoms with E-state index >= 15 is 0 Å². The van der Waals surface area contributed by atoms with Gasteiger partial charge in [0, 0.05) is 13.2 Å². The zero-order valence-corrected chi connectivity index (χ0v) is 14.0. The number of hydrogen-bond acceptors (Lipinski definition) is 4. The normalized spacial score (nSPS) is 19.0. The number of carbonyl (C=O) groups excluding carboxylic acids is 1. The molecule has 0 bridgehead atoms. The van der Waals surface area contributed by atoms with Gasteiger partial charge in [-0.25, -0.2) is 4.98 Å². The molecule has 0 N–H and O–H groups in total. The summed E-state index contributed by atoms with van der Waals surface area (Å²) in [4.78, 5) is 19.4. The largest absolute Gasteiger partial charge is 0.485 e. The van der Waals surface area contributed by atoms with Crippen molar-refractivity contribution in [3.8, 4) is 11.4 Å². The summed E-state index contributed by atoms with van der Waals surface area (Å²) >= 11 is 0. The molecule has 0 saturated carbocycles. The molecule has 126 valence electrons. The first-order chi connectivity index (χ1) is 11.6. The predicted molar refractivity (Wildman–Crippen MR) is 88.4 cm³/mol.